The van der Waals surface area contributed by atoms with Gasteiger partial charge in [0.1, 0.15) is 5.82 Å². The fraction of sp³-hybridized carbons (Fsp3) is 0.133. The number of halogens is 2. The van der Waals surface area contributed by atoms with E-state index in [4.69, 9.17) is 0 Å². The number of nitrogens with one attached hydrogen (secondary N) is 1. The van der Waals surface area contributed by atoms with Crippen LogP contribution in [-0.2, 0) is 11.2 Å². The van der Waals surface area contributed by atoms with Gasteiger partial charge in [-0.05, 0) is 58.2 Å². The molecule has 2 aromatic rings. The number of benzene rings is 2. The predicted octanol–water partition coefficient (Wildman–Crippen LogP) is 4.37. The van der Waals surface area contributed by atoms with Gasteiger partial charge >= 0.3 is 0 Å². The van der Waals surface area contributed by atoms with Crippen molar-refractivity contribution in [3.63, 3.8) is 0 Å². The lowest BCUT2D eigenvalue weighted by Crippen LogP contribution is -2.15. The lowest BCUT2D eigenvalue weighted by molar-refractivity contribution is -0.115. The molecule has 0 aliphatic rings. The molecular weight excluding hydrogens is 341 g/mol. The number of anilines is 1. The van der Waals surface area contributed by atoms with E-state index in [1.165, 1.54) is 6.07 Å². The van der Waals surface area contributed by atoms with E-state index in [1.54, 1.807) is 6.07 Å². The van der Waals surface area contributed by atoms with E-state index in [2.05, 4.69) is 33.9 Å². The molecule has 0 aliphatic heterocycles. The van der Waals surface area contributed by atoms with Crippen LogP contribution in [0.1, 0.15) is 11.1 Å². The van der Waals surface area contributed by atoms with Crippen LogP contribution in [0.3, 0.4) is 0 Å². The van der Waals surface area contributed by atoms with Gasteiger partial charge in [-0.25, -0.2) is 4.39 Å². The fourth-order valence-corrected chi connectivity index (χ4v) is 2.38. The minimum atomic E-state index is -0.398. The van der Waals surface area contributed by atoms with Crippen molar-refractivity contribution >= 4 is 40.2 Å². The SMILES string of the molecule is Cc1cc(Br)c(F)cc1NC(=O)Cc1ccc(S)cc1. The Morgan fingerprint density at radius 2 is 1.95 bits per heavy atom. The van der Waals surface area contributed by atoms with Crippen molar-refractivity contribution < 1.29 is 9.18 Å². The summed E-state index contributed by atoms with van der Waals surface area (Å²) in [6, 6.07) is 10.3. The third-order valence-electron chi connectivity index (χ3n) is 2.84. The number of rotatable bonds is 3. The molecule has 1 N–H and O–H groups in total. The van der Waals surface area contributed by atoms with Crippen molar-refractivity contribution in [1.82, 2.24) is 0 Å². The molecule has 2 aromatic carbocycles. The molecular formula is C15H13BrFNOS. The summed E-state index contributed by atoms with van der Waals surface area (Å²) in [5, 5.41) is 2.72. The highest BCUT2D eigenvalue weighted by Gasteiger charge is 2.09. The highest BCUT2D eigenvalue weighted by Crippen LogP contribution is 2.24. The van der Waals surface area contributed by atoms with Crippen LogP contribution in [0, 0.1) is 12.7 Å². The van der Waals surface area contributed by atoms with Gasteiger partial charge in [-0.2, -0.15) is 0 Å². The Morgan fingerprint density at radius 3 is 2.60 bits per heavy atom. The first-order chi connectivity index (χ1) is 9.45. The van der Waals surface area contributed by atoms with E-state index >= 15 is 0 Å². The largest absolute Gasteiger partial charge is 0.325 e. The summed E-state index contributed by atoms with van der Waals surface area (Å²) in [7, 11) is 0. The molecule has 2 rings (SSSR count). The van der Waals surface area contributed by atoms with Gasteiger partial charge in [0.2, 0.25) is 5.91 Å². The molecule has 1 amide bonds. The fourth-order valence-electron chi connectivity index (χ4n) is 1.77. The van der Waals surface area contributed by atoms with Gasteiger partial charge in [0.25, 0.3) is 0 Å². The molecule has 0 bridgehead atoms. The molecule has 0 radical (unpaired) electrons. The van der Waals surface area contributed by atoms with Crippen LogP contribution in [0.15, 0.2) is 45.8 Å². The maximum Gasteiger partial charge on any atom is 0.228 e. The van der Waals surface area contributed by atoms with Crippen LogP contribution in [0.4, 0.5) is 10.1 Å². The van der Waals surface area contributed by atoms with Crippen molar-refractivity contribution in [3.05, 3.63) is 57.8 Å². The molecule has 0 atom stereocenters. The summed E-state index contributed by atoms with van der Waals surface area (Å²) in [6.07, 6.45) is 0.241. The third-order valence-corrected chi connectivity index (χ3v) is 3.75. The van der Waals surface area contributed by atoms with E-state index < -0.39 is 5.82 Å². The van der Waals surface area contributed by atoms with Gasteiger partial charge in [-0.3, -0.25) is 4.79 Å². The molecule has 0 aliphatic carbocycles. The zero-order valence-corrected chi connectivity index (χ0v) is 13.3. The number of amides is 1. The van der Waals surface area contributed by atoms with Crippen molar-refractivity contribution in [2.24, 2.45) is 0 Å². The standard InChI is InChI=1S/C15H13BrFNOS/c1-9-6-12(16)13(17)8-14(9)18-15(19)7-10-2-4-11(20)5-3-10/h2-6,8,20H,7H2,1H3,(H,18,19). The molecule has 0 heterocycles. The van der Waals surface area contributed by atoms with Gasteiger partial charge in [0.05, 0.1) is 10.9 Å². The highest BCUT2D eigenvalue weighted by molar-refractivity contribution is 9.10. The minimum absolute atomic E-state index is 0.179. The molecule has 0 saturated carbocycles. The molecule has 2 nitrogen and oxygen atoms in total. The van der Waals surface area contributed by atoms with E-state index in [1.807, 2.05) is 31.2 Å². The van der Waals surface area contributed by atoms with Crippen molar-refractivity contribution in [2.75, 3.05) is 5.32 Å². The first-order valence-corrected chi connectivity index (χ1v) is 7.23. The van der Waals surface area contributed by atoms with Crippen LogP contribution in [-0.4, -0.2) is 5.91 Å². The zero-order valence-electron chi connectivity index (χ0n) is 10.8. The van der Waals surface area contributed by atoms with Gasteiger partial charge in [0.15, 0.2) is 0 Å². The summed E-state index contributed by atoms with van der Waals surface area (Å²) < 4.78 is 13.9. The van der Waals surface area contributed by atoms with E-state index in [0.29, 0.717) is 10.2 Å². The average Bonchev–Trinajstić information content (AvgIpc) is 2.39. The number of thiol groups is 1. The van der Waals surface area contributed by atoms with Crippen LogP contribution >= 0.6 is 28.6 Å². The molecule has 20 heavy (non-hydrogen) atoms. The highest BCUT2D eigenvalue weighted by atomic mass is 79.9. The van der Waals surface area contributed by atoms with Crippen LogP contribution in [0.2, 0.25) is 0 Å². The Bertz CT molecular complexity index is 643. The summed E-state index contributed by atoms with van der Waals surface area (Å²) >= 11 is 7.30. The Kier molecular flexibility index (Phi) is 4.83. The second-order valence-electron chi connectivity index (χ2n) is 4.47. The van der Waals surface area contributed by atoms with Gasteiger partial charge in [-0.15, -0.1) is 12.6 Å². The molecule has 5 heteroatoms. The number of hydrogen-bond donors (Lipinski definition) is 2. The lowest BCUT2D eigenvalue weighted by Gasteiger charge is -2.09. The first kappa shape index (κ1) is 15.1. The van der Waals surface area contributed by atoms with Gasteiger partial charge < -0.3 is 5.32 Å². The van der Waals surface area contributed by atoms with E-state index in [-0.39, 0.29) is 12.3 Å². The Labute approximate surface area is 130 Å². The second kappa shape index (κ2) is 6.41. The molecule has 0 unspecified atom stereocenters. The number of hydrogen-bond acceptors (Lipinski definition) is 2. The third kappa shape index (κ3) is 3.84. The monoisotopic (exact) mass is 353 g/mol. The van der Waals surface area contributed by atoms with Crippen LogP contribution < -0.4 is 5.32 Å². The van der Waals surface area contributed by atoms with Crippen molar-refractivity contribution in [2.45, 2.75) is 18.2 Å². The zero-order chi connectivity index (χ0) is 14.7. The van der Waals surface area contributed by atoms with Crippen molar-refractivity contribution in [3.8, 4) is 0 Å². The van der Waals surface area contributed by atoms with Gasteiger partial charge in [-0.1, -0.05) is 12.1 Å². The number of aryl methyl sites for hydroxylation is 1. The molecule has 0 aromatic heterocycles. The Morgan fingerprint density at radius 1 is 1.30 bits per heavy atom. The molecule has 0 saturated heterocycles. The summed E-state index contributed by atoms with van der Waals surface area (Å²) in [5.74, 6) is -0.577. The maximum atomic E-state index is 13.5. The van der Waals surface area contributed by atoms with Crippen molar-refractivity contribution in [1.29, 1.82) is 0 Å². The van der Waals surface area contributed by atoms with Crippen LogP contribution in [0.5, 0.6) is 0 Å². The van der Waals surface area contributed by atoms with Crippen LogP contribution in [0.25, 0.3) is 0 Å². The minimum Gasteiger partial charge on any atom is -0.325 e. The first-order valence-electron chi connectivity index (χ1n) is 5.99. The maximum absolute atomic E-state index is 13.5. The van der Waals surface area contributed by atoms with E-state index in [0.717, 1.165) is 16.0 Å². The average molecular weight is 354 g/mol. The number of carbonyl (C=O) groups excluding carboxylic acids is 1. The summed E-state index contributed by atoms with van der Waals surface area (Å²) in [6.45, 7) is 1.81. The topological polar surface area (TPSA) is 29.1 Å². The molecule has 0 fully saturated rings. The second-order valence-corrected chi connectivity index (χ2v) is 5.84. The smallest absolute Gasteiger partial charge is 0.228 e. The Hall–Kier alpha value is -1.33. The van der Waals surface area contributed by atoms with Gasteiger partial charge in [0, 0.05) is 10.6 Å². The summed E-state index contributed by atoms with van der Waals surface area (Å²) in [4.78, 5) is 12.8. The molecule has 104 valence electrons. The number of carbonyl (C=O) groups is 1. The van der Waals surface area contributed by atoms with E-state index in [9.17, 15) is 9.18 Å². The predicted molar refractivity (Wildman–Crippen MR) is 84.9 cm³/mol. The molecule has 0 spiro atoms. The normalized spacial score (nSPS) is 10.4. The summed E-state index contributed by atoms with van der Waals surface area (Å²) in [5.41, 5.74) is 2.18. The quantitative estimate of drug-likeness (QED) is 0.788. The lowest BCUT2D eigenvalue weighted by atomic mass is 10.1. The Balaban J connectivity index is 2.08.